The Morgan fingerprint density at radius 1 is 1.47 bits per heavy atom. The third-order valence-electron chi connectivity index (χ3n) is 3.51. The van der Waals surface area contributed by atoms with Crippen LogP contribution in [0, 0.1) is 5.92 Å². The van der Waals surface area contributed by atoms with E-state index >= 15 is 0 Å². The number of amides is 1. The van der Waals surface area contributed by atoms with Crippen LogP contribution in [0.25, 0.3) is 0 Å². The van der Waals surface area contributed by atoms with Crippen molar-refractivity contribution in [3.63, 3.8) is 0 Å². The van der Waals surface area contributed by atoms with Gasteiger partial charge < -0.3 is 15.7 Å². The summed E-state index contributed by atoms with van der Waals surface area (Å²) >= 11 is 0. The molecule has 0 saturated heterocycles. The summed E-state index contributed by atoms with van der Waals surface area (Å²) in [6, 6.07) is 0.452. The Kier molecular flexibility index (Phi) is 4.39. The monoisotopic (exact) mass is 214 g/mol. The Bertz CT molecular complexity index is 211. The van der Waals surface area contributed by atoms with Gasteiger partial charge >= 0.3 is 6.09 Å². The lowest BCUT2D eigenvalue weighted by atomic mass is 9.82. The van der Waals surface area contributed by atoms with E-state index in [9.17, 15) is 4.79 Å². The van der Waals surface area contributed by atoms with E-state index in [-0.39, 0.29) is 12.1 Å². The van der Waals surface area contributed by atoms with Crippen LogP contribution in [0.1, 0.15) is 39.5 Å². The lowest BCUT2D eigenvalue weighted by Crippen LogP contribution is -2.43. The molecular weight excluding hydrogens is 192 g/mol. The minimum atomic E-state index is -0.790. The molecule has 4 heteroatoms. The highest BCUT2D eigenvalue weighted by Gasteiger charge is 2.28. The van der Waals surface area contributed by atoms with Crippen molar-refractivity contribution in [2.24, 2.45) is 11.7 Å². The molecule has 0 heterocycles. The summed E-state index contributed by atoms with van der Waals surface area (Å²) in [6.45, 7) is 4.52. The van der Waals surface area contributed by atoms with Gasteiger partial charge in [-0.1, -0.05) is 0 Å². The first-order valence-corrected chi connectivity index (χ1v) is 5.81. The zero-order chi connectivity index (χ0) is 11.4. The van der Waals surface area contributed by atoms with Gasteiger partial charge in [-0.15, -0.1) is 0 Å². The van der Waals surface area contributed by atoms with Crippen LogP contribution in [0.15, 0.2) is 0 Å². The molecule has 1 saturated carbocycles. The number of hydrogen-bond donors (Lipinski definition) is 2. The fourth-order valence-corrected chi connectivity index (χ4v) is 2.49. The van der Waals surface area contributed by atoms with Crippen LogP contribution >= 0.6 is 0 Å². The molecule has 0 unspecified atom stereocenters. The van der Waals surface area contributed by atoms with Gasteiger partial charge in [-0.3, -0.25) is 0 Å². The minimum absolute atomic E-state index is 0.211. The van der Waals surface area contributed by atoms with Crippen molar-refractivity contribution in [1.82, 2.24) is 4.90 Å². The Labute approximate surface area is 91.4 Å². The van der Waals surface area contributed by atoms with Crippen molar-refractivity contribution in [3.05, 3.63) is 0 Å². The van der Waals surface area contributed by atoms with E-state index in [0.29, 0.717) is 12.5 Å². The number of nitrogens with zero attached hydrogens (tertiary/aromatic N) is 1. The third kappa shape index (κ3) is 3.09. The van der Waals surface area contributed by atoms with E-state index in [1.54, 1.807) is 4.90 Å². The van der Waals surface area contributed by atoms with E-state index in [4.69, 9.17) is 10.8 Å². The maximum Gasteiger partial charge on any atom is 0.407 e. The second-order valence-corrected chi connectivity index (χ2v) is 4.50. The van der Waals surface area contributed by atoms with Crippen LogP contribution in [-0.4, -0.2) is 34.7 Å². The zero-order valence-corrected chi connectivity index (χ0v) is 9.65. The molecule has 1 aliphatic carbocycles. The Morgan fingerprint density at radius 3 is 2.33 bits per heavy atom. The SMILES string of the molecule is CCN(C(=O)O)C1CCC([C@H](C)N)CC1. The van der Waals surface area contributed by atoms with Crippen molar-refractivity contribution < 1.29 is 9.90 Å². The van der Waals surface area contributed by atoms with Crippen LogP contribution < -0.4 is 5.73 Å². The summed E-state index contributed by atoms with van der Waals surface area (Å²) in [4.78, 5) is 12.5. The maximum absolute atomic E-state index is 10.9. The molecule has 4 nitrogen and oxygen atoms in total. The molecule has 1 rings (SSSR count). The van der Waals surface area contributed by atoms with Gasteiger partial charge in [0.15, 0.2) is 0 Å². The fraction of sp³-hybridized carbons (Fsp3) is 0.909. The molecule has 88 valence electrons. The lowest BCUT2D eigenvalue weighted by molar-refractivity contribution is 0.105. The summed E-state index contributed by atoms with van der Waals surface area (Å²) in [5, 5.41) is 9.00. The highest BCUT2D eigenvalue weighted by molar-refractivity contribution is 5.65. The molecule has 0 radical (unpaired) electrons. The summed E-state index contributed by atoms with van der Waals surface area (Å²) in [7, 11) is 0. The molecule has 15 heavy (non-hydrogen) atoms. The highest BCUT2D eigenvalue weighted by atomic mass is 16.4. The fourth-order valence-electron chi connectivity index (χ4n) is 2.49. The number of carboxylic acid groups (broad SMARTS) is 1. The first-order chi connectivity index (χ1) is 7.06. The third-order valence-corrected chi connectivity index (χ3v) is 3.51. The molecule has 0 aromatic heterocycles. The van der Waals surface area contributed by atoms with Gasteiger partial charge in [0, 0.05) is 18.6 Å². The molecule has 3 N–H and O–H groups in total. The summed E-state index contributed by atoms with van der Waals surface area (Å²) in [5.41, 5.74) is 5.85. The van der Waals surface area contributed by atoms with Gasteiger partial charge in [-0.25, -0.2) is 4.79 Å². The standard InChI is InChI=1S/C11H22N2O2/c1-3-13(11(14)15)10-6-4-9(5-7-10)8(2)12/h8-10H,3-7,12H2,1-2H3,(H,14,15)/t8-,9?,10?/m0/s1. The van der Waals surface area contributed by atoms with Crippen LogP contribution in [0.5, 0.6) is 0 Å². The second-order valence-electron chi connectivity index (χ2n) is 4.50. The molecule has 0 aromatic carbocycles. The number of nitrogens with two attached hydrogens (primary N) is 1. The van der Waals surface area contributed by atoms with Gasteiger partial charge in [0.25, 0.3) is 0 Å². The normalized spacial score (nSPS) is 28.5. The minimum Gasteiger partial charge on any atom is -0.465 e. The van der Waals surface area contributed by atoms with Gasteiger partial charge in [-0.2, -0.15) is 0 Å². The first-order valence-electron chi connectivity index (χ1n) is 5.81. The van der Waals surface area contributed by atoms with Crippen LogP contribution in [-0.2, 0) is 0 Å². The maximum atomic E-state index is 10.9. The van der Waals surface area contributed by atoms with Crippen molar-refractivity contribution in [2.75, 3.05) is 6.54 Å². The Morgan fingerprint density at radius 2 is 2.00 bits per heavy atom. The van der Waals surface area contributed by atoms with E-state index in [1.807, 2.05) is 13.8 Å². The average molecular weight is 214 g/mol. The molecule has 1 fully saturated rings. The molecule has 0 bridgehead atoms. The summed E-state index contributed by atoms with van der Waals surface area (Å²) < 4.78 is 0. The predicted octanol–water partition coefficient (Wildman–Crippen LogP) is 1.89. The van der Waals surface area contributed by atoms with Crippen molar-refractivity contribution in [3.8, 4) is 0 Å². The first kappa shape index (κ1) is 12.3. The lowest BCUT2D eigenvalue weighted by Gasteiger charge is -2.36. The molecule has 0 aliphatic heterocycles. The van der Waals surface area contributed by atoms with Crippen molar-refractivity contribution in [1.29, 1.82) is 0 Å². The van der Waals surface area contributed by atoms with Crippen LogP contribution in [0.4, 0.5) is 4.79 Å². The van der Waals surface area contributed by atoms with Gasteiger partial charge in [0.2, 0.25) is 0 Å². The average Bonchev–Trinajstić information content (AvgIpc) is 2.19. The Hall–Kier alpha value is -0.770. The summed E-state index contributed by atoms with van der Waals surface area (Å²) in [6.07, 6.45) is 3.26. The molecule has 1 atom stereocenters. The topological polar surface area (TPSA) is 66.6 Å². The molecular formula is C11H22N2O2. The largest absolute Gasteiger partial charge is 0.465 e. The molecule has 0 spiro atoms. The highest BCUT2D eigenvalue weighted by Crippen LogP contribution is 2.29. The Balaban J connectivity index is 2.45. The number of hydrogen-bond acceptors (Lipinski definition) is 2. The number of rotatable bonds is 3. The van der Waals surface area contributed by atoms with E-state index in [2.05, 4.69) is 0 Å². The quantitative estimate of drug-likeness (QED) is 0.754. The summed E-state index contributed by atoms with van der Waals surface area (Å²) in [5.74, 6) is 0.578. The van der Waals surface area contributed by atoms with Crippen LogP contribution in [0.2, 0.25) is 0 Å². The van der Waals surface area contributed by atoms with Crippen molar-refractivity contribution in [2.45, 2.75) is 51.6 Å². The second kappa shape index (κ2) is 5.35. The molecule has 0 aromatic rings. The van der Waals surface area contributed by atoms with E-state index in [0.717, 1.165) is 25.7 Å². The number of carbonyl (C=O) groups is 1. The molecule has 1 amide bonds. The predicted molar refractivity (Wildman–Crippen MR) is 59.8 cm³/mol. The van der Waals surface area contributed by atoms with Gasteiger partial charge in [0.1, 0.15) is 0 Å². The van der Waals surface area contributed by atoms with E-state index < -0.39 is 6.09 Å². The van der Waals surface area contributed by atoms with Gasteiger partial charge in [-0.05, 0) is 45.4 Å². The smallest absolute Gasteiger partial charge is 0.407 e. The van der Waals surface area contributed by atoms with Crippen molar-refractivity contribution >= 4 is 6.09 Å². The van der Waals surface area contributed by atoms with Crippen LogP contribution in [0.3, 0.4) is 0 Å². The van der Waals surface area contributed by atoms with E-state index in [1.165, 1.54) is 0 Å². The zero-order valence-electron chi connectivity index (χ0n) is 9.65. The van der Waals surface area contributed by atoms with Gasteiger partial charge in [0.05, 0.1) is 0 Å². The molecule has 1 aliphatic rings.